The van der Waals surface area contributed by atoms with Crippen LogP contribution in [0, 0.1) is 0 Å². The minimum atomic E-state index is -0.525. The van der Waals surface area contributed by atoms with Gasteiger partial charge >= 0.3 is 0 Å². The van der Waals surface area contributed by atoms with Crippen LogP contribution in [0.25, 0.3) is 11.3 Å². The monoisotopic (exact) mass is 390 g/mol. The number of hydrazone groups is 1. The van der Waals surface area contributed by atoms with Gasteiger partial charge in [-0.05, 0) is 36.4 Å². The third-order valence-corrected chi connectivity index (χ3v) is 3.96. The Hall–Kier alpha value is -3.03. The Kier molecular flexibility index (Phi) is 5.11. The molecule has 0 saturated heterocycles. The van der Waals surface area contributed by atoms with Gasteiger partial charge in [0.15, 0.2) is 0 Å². The van der Waals surface area contributed by atoms with E-state index < -0.39 is 5.91 Å². The largest absolute Gasteiger partial charge is 0.508 e. The van der Waals surface area contributed by atoms with E-state index in [1.807, 2.05) is 0 Å². The first-order chi connectivity index (χ1) is 12.4. The Morgan fingerprint density at radius 1 is 1.15 bits per heavy atom. The molecule has 1 amide bonds. The van der Waals surface area contributed by atoms with Crippen LogP contribution in [0.1, 0.15) is 16.1 Å². The van der Waals surface area contributed by atoms with E-state index in [-0.39, 0.29) is 17.2 Å². The molecule has 1 heterocycles. The van der Waals surface area contributed by atoms with E-state index in [1.54, 1.807) is 18.2 Å². The molecule has 0 aliphatic heterocycles. The van der Waals surface area contributed by atoms with Crippen LogP contribution < -0.4 is 5.43 Å². The van der Waals surface area contributed by atoms with Gasteiger partial charge in [-0.15, -0.1) is 0 Å². The smallest absolute Gasteiger partial charge is 0.289 e. The van der Waals surface area contributed by atoms with Crippen LogP contribution in [0.5, 0.6) is 11.5 Å². The number of hydrogen-bond acceptors (Lipinski definition) is 5. The second kappa shape index (κ2) is 7.47. The van der Waals surface area contributed by atoms with Gasteiger partial charge in [-0.1, -0.05) is 23.2 Å². The number of amides is 1. The minimum Gasteiger partial charge on any atom is -0.508 e. The van der Waals surface area contributed by atoms with Crippen LogP contribution in [0.2, 0.25) is 10.0 Å². The molecular weight excluding hydrogens is 379 g/mol. The molecule has 0 radical (unpaired) electrons. The lowest BCUT2D eigenvalue weighted by Crippen LogP contribution is -2.18. The van der Waals surface area contributed by atoms with Crippen molar-refractivity contribution < 1.29 is 15.0 Å². The van der Waals surface area contributed by atoms with Gasteiger partial charge < -0.3 is 10.2 Å². The number of hydrogen-bond donors (Lipinski definition) is 4. The van der Waals surface area contributed by atoms with Crippen molar-refractivity contribution in [2.75, 3.05) is 0 Å². The first-order valence-electron chi connectivity index (χ1n) is 7.30. The number of halogens is 2. The number of aromatic amines is 1. The average molecular weight is 391 g/mol. The Labute approximate surface area is 157 Å². The molecule has 3 rings (SSSR count). The third-order valence-electron chi connectivity index (χ3n) is 3.41. The molecule has 1 aromatic heterocycles. The normalized spacial score (nSPS) is 11.0. The highest BCUT2D eigenvalue weighted by molar-refractivity contribution is 6.36. The van der Waals surface area contributed by atoms with Crippen LogP contribution >= 0.6 is 23.2 Å². The number of phenols is 2. The van der Waals surface area contributed by atoms with Gasteiger partial charge in [0.25, 0.3) is 5.91 Å². The molecule has 132 valence electrons. The maximum Gasteiger partial charge on any atom is 0.289 e. The van der Waals surface area contributed by atoms with E-state index in [0.717, 1.165) is 0 Å². The molecule has 4 N–H and O–H groups in total. The summed E-state index contributed by atoms with van der Waals surface area (Å²) in [6, 6.07) is 10.5. The summed E-state index contributed by atoms with van der Waals surface area (Å²) in [6.07, 6.45) is 1.25. The molecule has 7 nitrogen and oxygen atoms in total. The van der Waals surface area contributed by atoms with Crippen molar-refractivity contribution in [3.05, 3.63) is 63.8 Å². The number of phenolic OH excluding ortho intramolecular Hbond substituents is 2. The molecule has 9 heteroatoms. The number of carbonyl (C=O) groups is 1. The molecule has 0 saturated carbocycles. The van der Waals surface area contributed by atoms with E-state index in [2.05, 4.69) is 20.7 Å². The second-order valence-corrected chi connectivity index (χ2v) is 6.08. The third kappa shape index (κ3) is 3.96. The minimum absolute atomic E-state index is 0.0745. The van der Waals surface area contributed by atoms with Crippen molar-refractivity contribution in [1.82, 2.24) is 15.6 Å². The van der Waals surface area contributed by atoms with Crippen LogP contribution in [0.3, 0.4) is 0 Å². The molecule has 0 bridgehead atoms. The molecule has 26 heavy (non-hydrogen) atoms. The first kappa shape index (κ1) is 17.8. The number of benzene rings is 2. The zero-order valence-corrected chi connectivity index (χ0v) is 14.6. The summed E-state index contributed by atoms with van der Waals surface area (Å²) in [5.74, 6) is -0.762. The van der Waals surface area contributed by atoms with Crippen molar-refractivity contribution >= 4 is 35.3 Å². The van der Waals surface area contributed by atoms with Crippen LogP contribution in [0.15, 0.2) is 47.6 Å². The first-order valence-corrected chi connectivity index (χ1v) is 8.06. The van der Waals surface area contributed by atoms with Crippen LogP contribution in [-0.2, 0) is 0 Å². The van der Waals surface area contributed by atoms with Crippen molar-refractivity contribution in [1.29, 1.82) is 0 Å². The summed E-state index contributed by atoms with van der Waals surface area (Å²) in [7, 11) is 0. The topological polar surface area (TPSA) is 111 Å². The van der Waals surface area contributed by atoms with Crippen molar-refractivity contribution in [3.63, 3.8) is 0 Å². The lowest BCUT2D eigenvalue weighted by Gasteiger charge is -2.00. The fraction of sp³-hybridized carbons (Fsp3) is 0. The predicted molar refractivity (Wildman–Crippen MR) is 98.9 cm³/mol. The van der Waals surface area contributed by atoms with Crippen LogP contribution in [0.4, 0.5) is 0 Å². The number of aromatic hydroxyl groups is 2. The predicted octanol–water partition coefficient (Wildman–Crippen LogP) is 3.56. The Morgan fingerprint density at radius 3 is 2.69 bits per heavy atom. The van der Waals surface area contributed by atoms with Gasteiger partial charge in [-0.3, -0.25) is 9.89 Å². The molecule has 0 atom stereocenters. The average Bonchev–Trinajstić information content (AvgIpc) is 3.06. The number of H-pyrrole nitrogens is 1. The summed E-state index contributed by atoms with van der Waals surface area (Å²) in [6.45, 7) is 0. The maximum atomic E-state index is 12.1. The number of aromatic nitrogens is 2. The fourth-order valence-electron chi connectivity index (χ4n) is 2.14. The SMILES string of the molecule is O=C(N/N=C/c1ccc(O)cc1O)c1cc(-c2ccc(Cl)cc2Cl)n[nH]1. The van der Waals surface area contributed by atoms with Gasteiger partial charge in [-0.25, -0.2) is 5.43 Å². The molecule has 0 unspecified atom stereocenters. The van der Waals surface area contributed by atoms with Gasteiger partial charge in [0.2, 0.25) is 0 Å². The number of carbonyl (C=O) groups excluding carboxylic acids is 1. The highest BCUT2D eigenvalue weighted by Crippen LogP contribution is 2.29. The van der Waals surface area contributed by atoms with E-state index in [0.29, 0.717) is 26.9 Å². The summed E-state index contributed by atoms with van der Waals surface area (Å²) in [4.78, 5) is 12.1. The van der Waals surface area contributed by atoms with Crippen molar-refractivity contribution in [3.8, 4) is 22.8 Å². The lowest BCUT2D eigenvalue weighted by atomic mass is 10.1. The Morgan fingerprint density at radius 2 is 1.96 bits per heavy atom. The van der Waals surface area contributed by atoms with Crippen molar-refractivity contribution in [2.45, 2.75) is 0 Å². The zero-order chi connectivity index (χ0) is 18.7. The maximum absolute atomic E-state index is 12.1. The molecular formula is C17H12Cl2N4O3. The second-order valence-electron chi connectivity index (χ2n) is 5.23. The zero-order valence-electron chi connectivity index (χ0n) is 13.1. The number of rotatable bonds is 4. The quantitative estimate of drug-likeness (QED) is 0.403. The molecule has 0 spiro atoms. The number of nitrogens with one attached hydrogen (secondary N) is 2. The van der Waals surface area contributed by atoms with Crippen LogP contribution in [-0.4, -0.2) is 32.5 Å². The molecule has 0 aliphatic rings. The molecule has 0 fully saturated rings. The van der Waals surface area contributed by atoms with E-state index in [4.69, 9.17) is 23.2 Å². The standard InChI is InChI=1S/C17H12Cl2N4O3/c18-10-2-4-12(13(19)5-10)14-7-15(22-21-14)17(26)23-20-8-9-1-3-11(24)6-16(9)25/h1-8,24-25H,(H,21,22)(H,23,26)/b20-8+. The van der Waals surface area contributed by atoms with Gasteiger partial charge in [-0.2, -0.15) is 10.2 Å². The summed E-state index contributed by atoms with van der Waals surface area (Å²) in [5, 5.41) is 30.2. The summed E-state index contributed by atoms with van der Waals surface area (Å²) in [5.41, 5.74) is 3.93. The van der Waals surface area contributed by atoms with Crippen molar-refractivity contribution in [2.24, 2.45) is 5.10 Å². The van der Waals surface area contributed by atoms with E-state index in [1.165, 1.54) is 30.5 Å². The van der Waals surface area contributed by atoms with E-state index in [9.17, 15) is 15.0 Å². The Bertz CT molecular complexity index is 1000. The highest BCUT2D eigenvalue weighted by atomic mass is 35.5. The summed E-state index contributed by atoms with van der Waals surface area (Å²) >= 11 is 12.0. The van der Waals surface area contributed by atoms with Gasteiger partial charge in [0.05, 0.1) is 16.9 Å². The fourth-order valence-corrected chi connectivity index (χ4v) is 2.64. The molecule has 2 aromatic carbocycles. The molecule has 3 aromatic rings. The Balaban J connectivity index is 1.71. The molecule has 0 aliphatic carbocycles. The van der Waals surface area contributed by atoms with Gasteiger partial charge in [0, 0.05) is 22.2 Å². The highest BCUT2D eigenvalue weighted by Gasteiger charge is 2.13. The lowest BCUT2D eigenvalue weighted by molar-refractivity contribution is 0.0950. The van der Waals surface area contributed by atoms with Gasteiger partial charge in [0.1, 0.15) is 17.2 Å². The summed E-state index contributed by atoms with van der Waals surface area (Å²) < 4.78 is 0. The number of nitrogens with zero attached hydrogens (tertiary/aromatic N) is 2. The van der Waals surface area contributed by atoms with E-state index >= 15 is 0 Å².